The van der Waals surface area contributed by atoms with E-state index in [0.717, 1.165) is 72.7 Å². The Morgan fingerprint density at radius 1 is 1.15 bits per heavy atom. The Morgan fingerprint density at radius 2 is 1.97 bits per heavy atom. The summed E-state index contributed by atoms with van der Waals surface area (Å²) in [4.78, 5) is 16.5. The van der Waals surface area contributed by atoms with E-state index in [0.29, 0.717) is 5.52 Å². The first-order chi connectivity index (χ1) is 16.0. The van der Waals surface area contributed by atoms with E-state index in [2.05, 4.69) is 24.8 Å². The van der Waals surface area contributed by atoms with Crippen molar-refractivity contribution in [1.82, 2.24) is 24.8 Å². The van der Waals surface area contributed by atoms with Crippen molar-refractivity contribution < 1.29 is 14.2 Å². The van der Waals surface area contributed by atoms with Crippen LogP contribution in [-0.2, 0) is 12.1 Å². The zero-order valence-corrected chi connectivity index (χ0v) is 18.9. The maximum atomic E-state index is 13.9. The molecule has 1 fully saturated rings. The molecule has 8 heteroatoms. The molecule has 1 atom stereocenters. The number of rotatable bonds is 6. The fraction of sp³-hybridized carbons (Fsp3) is 0.360. The quantitative estimate of drug-likeness (QED) is 0.471. The number of methoxy groups -OCH3 is 1. The highest BCUT2D eigenvalue weighted by molar-refractivity contribution is 5.84. The van der Waals surface area contributed by atoms with Gasteiger partial charge in [0.2, 0.25) is 0 Å². The Bertz CT molecular complexity index is 1280. The first kappa shape index (κ1) is 21.8. The van der Waals surface area contributed by atoms with Crippen molar-refractivity contribution in [2.45, 2.75) is 19.1 Å². The lowest BCUT2D eigenvalue weighted by molar-refractivity contribution is -0.116. The topological polar surface area (TPSA) is 77.5 Å². The summed E-state index contributed by atoms with van der Waals surface area (Å²) >= 11 is 0. The summed E-state index contributed by atoms with van der Waals surface area (Å²) < 4.78 is 19.3. The molecule has 5 rings (SSSR count). The van der Waals surface area contributed by atoms with Gasteiger partial charge in [-0.15, -0.1) is 0 Å². The maximum absolute atomic E-state index is 13.9. The van der Waals surface area contributed by atoms with E-state index in [-0.39, 0.29) is 5.82 Å². The molecule has 2 N–H and O–H groups in total. The highest BCUT2D eigenvalue weighted by atomic mass is 19.1. The monoisotopic (exact) mass is 449 g/mol. The fourth-order valence-corrected chi connectivity index (χ4v) is 4.67. The third-order valence-electron chi connectivity index (χ3n) is 6.62. The summed E-state index contributed by atoms with van der Waals surface area (Å²) in [5.41, 5.74) is 1.65. The Morgan fingerprint density at radius 3 is 2.73 bits per heavy atom. The van der Waals surface area contributed by atoms with Gasteiger partial charge in [0, 0.05) is 56.3 Å². The molecule has 0 spiro atoms. The first-order valence-corrected chi connectivity index (χ1v) is 11.2. The predicted molar refractivity (Wildman–Crippen MR) is 126 cm³/mol. The van der Waals surface area contributed by atoms with Gasteiger partial charge >= 0.3 is 0 Å². The number of aromatic nitrogens is 3. The number of ether oxygens (including phenoxy) is 1. The molecule has 2 aromatic carbocycles. The van der Waals surface area contributed by atoms with E-state index in [4.69, 9.17) is 4.74 Å². The molecule has 172 valence electrons. The number of imidazole rings is 1. The second-order valence-corrected chi connectivity index (χ2v) is 8.66. The van der Waals surface area contributed by atoms with E-state index in [1.54, 1.807) is 19.4 Å². The fourth-order valence-electron chi connectivity index (χ4n) is 4.67. The number of nitrogens with zero attached hydrogens (tertiary/aromatic N) is 4. The normalized spacial score (nSPS) is 17.5. The number of benzene rings is 2. The molecule has 33 heavy (non-hydrogen) atoms. The summed E-state index contributed by atoms with van der Waals surface area (Å²) in [6.07, 6.45) is 2.46. The van der Waals surface area contributed by atoms with Crippen molar-refractivity contribution in [2.75, 3.05) is 39.8 Å². The molecule has 0 aliphatic carbocycles. The summed E-state index contributed by atoms with van der Waals surface area (Å²) in [7, 11) is 1.64. The summed E-state index contributed by atoms with van der Waals surface area (Å²) in [5, 5.41) is 12.5. The van der Waals surface area contributed by atoms with E-state index >= 15 is 0 Å². The van der Waals surface area contributed by atoms with E-state index in [1.807, 2.05) is 37.3 Å². The molecule has 2 aromatic heterocycles. The van der Waals surface area contributed by atoms with Crippen LogP contribution in [0.1, 0.15) is 18.3 Å². The van der Waals surface area contributed by atoms with E-state index in [1.165, 1.54) is 6.07 Å². The smallest absolute Gasteiger partial charge is 0.151 e. The molecule has 7 nitrogen and oxygen atoms in total. The van der Waals surface area contributed by atoms with Gasteiger partial charge in [0.25, 0.3) is 0 Å². The van der Waals surface area contributed by atoms with Crippen molar-refractivity contribution in [2.24, 2.45) is 0 Å². The van der Waals surface area contributed by atoms with Crippen LogP contribution >= 0.6 is 0 Å². The zero-order chi connectivity index (χ0) is 23.0. The number of hydrogen-bond acceptors (Lipinski definition) is 6. The number of H-pyrrole nitrogens is 1. The van der Waals surface area contributed by atoms with Gasteiger partial charge in [0.15, 0.2) is 5.82 Å². The minimum absolute atomic E-state index is 0.299. The summed E-state index contributed by atoms with van der Waals surface area (Å²) in [6, 6.07) is 12.6. The highest BCUT2D eigenvalue weighted by Crippen LogP contribution is 2.33. The van der Waals surface area contributed by atoms with Crippen molar-refractivity contribution in [1.29, 1.82) is 0 Å². The molecule has 3 heterocycles. The molecule has 0 radical (unpaired) electrons. The number of pyridine rings is 1. The van der Waals surface area contributed by atoms with Gasteiger partial charge in [0.05, 0.1) is 18.1 Å². The van der Waals surface area contributed by atoms with Crippen LogP contribution in [0.4, 0.5) is 4.39 Å². The average Bonchev–Trinajstić information content (AvgIpc) is 3.27. The Kier molecular flexibility index (Phi) is 5.74. The average molecular weight is 450 g/mol. The standard InChI is InChI=1S/C25H28FN5O2/c1-25(32,19-8-10-27-21-7-6-17(33-2)16-18(19)21)31-14-12-30(13-15-31)11-9-23-28-22-5-3-4-20(26)24(22)29-23/h3-8,10,16,32H,9,11-15H2,1-2H3,(H,28,29). The number of hydrogen-bond donors (Lipinski definition) is 2. The molecular weight excluding hydrogens is 421 g/mol. The molecule has 1 unspecified atom stereocenters. The number of piperazine rings is 1. The van der Waals surface area contributed by atoms with E-state index in [9.17, 15) is 9.50 Å². The number of aromatic amines is 1. The number of fused-ring (bicyclic) bond motifs is 2. The lowest BCUT2D eigenvalue weighted by Gasteiger charge is -2.43. The summed E-state index contributed by atoms with van der Waals surface area (Å²) in [6.45, 7) is 5.80. The second-order valence-electron chi connectivity index (χ2n) is 8.66. The maximum Gasteiger partial charge on any atom is 0.151 e. The van der Waals surface area contributed by atoms with Gasteiger partial charge in [-0.05, 0) is 43.3 Å². The highest BCUT2D eigenvalue weighted by Gasteiger charge is 2.35. The number of halogens is 1. The van der Waals surface area contributed by atoms with Crippen LogP contribution in [0.5, 0.6) is 5.75 Å². The summed E-state index contributed by atoms with van der Waals surface area (Å²) in [5.74, 6) is 1.23. The van der Waals surface area contributed by atoms with Gasteiger partial charge in [-0.3, -0.25) is 9.88 Å². The van der Waals surface area contributed by atoms with Gasteiger partial charge in [-0.25, -0.2) is 9.37 Å². The second kappa shape index (κ2) is 8.70. The molecule has 4 aromatic rings. The van der Waals surface area contributed by atoms with Gasteiger partial charge in [0.1, 0.15) is 22.8 Å². The minimum Gasteiger partial charge on any atom is -0.497 e. The number of para-hydroxylation sites is 1. The lowest BCUT2D eigenvalue weighted by Crippen LogP contribution is -2.54. The number of nitrogens with one attached hydrogen (secondary N) is 1. The molecule has 0 bridgehead atoms. The largest absolute Gasteiger partial charge is 0.497 e. The minimum atomic E-state index is -1.13. The van der Waals surface area contributed by atoms with E-state index < -0.39 is 5.72 Å². The van der Waals surface area contributed by atoms with Crippen LogP contribution in [0.15, 0.2) is 48.7 Å². The molecule has 0 amide bonds. The van der Waals surface area contributed by atoms with Crippen LogP contribution in [0.2, 0.25) is 0 Å². The molecule has 1 aliphatic rings. The Hall–Kier alpha value is -3.07. The third-order valence-corrected chi connectivity index (χ3v) is 6.62. The Balaban J connectivity index is 1.25. The molecule has 0 saturated carbocycles. The van der Waals surface area contributed by atoms with Crippen LogP contribution in [0.3, 0.4) is 0 Å². The van der Waals surface area contributed by atoms with Gasteiger partial charge in [-0.1, -0.05) is 6.07 Å². The zero-order valence-electron chi connectivity index (χ0n) is 18.9. The van der Waals surface area contributed by atoms with Crippen LogP contribution in [0.25, 0.3) is 21.9 Å². The van der Waals surface area contributed by atoms with Crippen molar-refractivity contribution >= 4 is 21.9 Å². The first-order valence-electron chi connectivity index (χ1n) is 11.2. The van der Waals surface area contributed by atoms with Crippen LogP contribution in [-0.4, -0.2) is 69.7 Å². The van der Waals surface area contributed by atoms with Gasteiger partial charge < -0.3 is 19.7 Å². The van der Waals surface area contributed by atoms with Gasteiger partial charge in [-0.2, -0.15) is 0 Å². The third kappa shape index (κ3) is 4.17. The Labute approximate surface area is 191 Å². The SMILES string of the molecule is COc1ccc2nccc(C(C)(O)N3CCN(CCc4nc5c(F)cccc5[nH]4)CC3)c2c1. The molecular formula is C25H28FN5O2. The van der Waals surface area contributed by atoms with Crippen LogP contribution in [0, 0.1) is 5.82 Å². The van der Waals surface area contributed by atoms with Crippen molar-refractivity contribution in [3.8, 4) is 5.75 Å². The molecule has 1 saturated heterocycles. The number of aliphatic hydroxyl groups is 1. The predicted octanol–water partition coefficient (Wildman–Crippen LogP) is 3.28. The van der Waals surface area contributed by atoms with Crippen molar-refractivity contribution in [3.05, 3.63) is 65.9 Å². The molecule has 1 aliphatic heterocycles. The van der Waals surface area contributed by atoms with Crippen molar-refractivity contribution in [3.63, 3.8) is 0 Å². The lowest BCUT2D eigenvalue weighted by atomic mass is 9.97. The van der Waals surface area contributed by atoms with Crippen LogP contribution < -0.4 is 4.74 Å².